The van der Waals surface area contributed by atoms with E-state index in [1.54, 1.807) is 18.2 Å². The summed E-state index contributed by atoms with van der Waals surface area (Å²) in [5.41, 5.74) is 1.40. The molecule has 0 radical (unpaired) electrons. The van der Waals surface area contributed by atoms with Gasteiger partial charge in [0.25, 0.3) is 11.1 Å². The number of hydrogen-bond acceptors (Lipinski definition) is 4. The summed E-state index contributed by atoms with van der Waals surface area (Å²) in [7, 11) is 0. The van der Waals surface area contributed by atoms with Crippen LogP contribution in [0.25, 0.3) is 6.08 Å². The first kappa shape index (κ1) is 18.7. The van der Waals surface area contributed by atoms with Crippen LogP contribution in [0, 0.1) is 5.82 Å². The van der Waals surface area contributed by atoms with Gasteiger partial charge in [-0.1, -0.05) is 28.1 Å². The summed E-state index contributed by atoms with van der Waals surface area (Å²) in [5, 5.41) is -0.349. The second kappa shape index (κ2) is 8.05. The molecule has 2 aromatic rings. The second-order valence-electron chi connectivity index (χ2n) is 5.51. The fourth-order valence-corrected chi connectivity index (χ4v) is 3.68. The molecule has 1 fully saturated rings. The molecule has 0 atom stereocenters. The summed E-state index contributed by atoms with van der Waals surface area (Å²) in [6.07, 6.45) is 1.66. The fourth-order valence-electron chi connectivity index (χ4n) is 2.47. The normalized spacial score (nSPS) is 15.8. The number of benzene rings is 2. The fraction of sp³-hybridized carbons (Fsp3) is 0.158. The predicted octanol–water partition coefficient (Wildman–Crippen LogP) is 5.22. The highest BCUT2D eigenvalue weighted by Crippen LogP contribution is 2.35. The van der Waals surface area contributed by atoms with E-state index in [1.807, 2.05) is 25.1 Å². The van der Waals surface area contributed by atoms with E-state index in [2.05, 4.69) is 15.9 Å². The molecule has 0 spiro atoms. The van der Waals surface area contributed by atoms with Crippen molar-refractivity contribution in [1.82, 2.24) is 4.90 Å². The van der Waals surface area contributed by atoms with Gasteiger partial charge < -0.3 is 4.74 Å². The van der Waals surface area contributed by atoms with Crippen LogP contribution in [-0.4, -0.2) is 22.7 Å². The van der Waals surface area contributed by atoms with E-state index in [9.17, 15) is 14.0 Å². The molecular formula is C19H15BrFNO3S. The van der Waals surface area contributed by atoms with Crippen molar-refractivity contribution < 1.29 is 18.7 Å². The van der Waals surface area contributed by atoms with Gasteiger partial charge in [-0.2, -0.15) is 0 Å². The highest BCUT2D eigenvalue weighted by molar-refractivity contribution is 9.10. The maximum Gasteiger partial charge on any atom is 0.293 e. The lowest BCUT2D eigenvalue weighted by molar-refractivity contribution is -0.123. The van der Waals surface area contributed by atoms with Crippen molar-refractivity contribution in [3.05, 3.63) is 68.8 Å². The van der Waals surface area contributed by atoms with Crippen LogP contribution in [0.4, 0.5) is 9.18 Å². The first-order valence-electron chi connectivity index (χ1n) is 7.90. The Morgan fingerprint density at radius 3 is 2.62 bits per heavy atom. The quantitative estimate of drug-likeness (QED) is 0.603. The molecule has 1 aliphatic heterocycles. The minimum Gasteiger partial charge on any atom is -0.493 e. The summed E-state index contributed by atoms with van der Waals surface area (Å²) < 4.78 is 19.4. The predicted molar refractivity (Wildman–Crippen MR) is 103 cm³/mol. The Kier molecular flexibility index (Phi) is 5.78. The van der Waals surface area contributed by atoms with Gasteiger partial charge in [-0.05, 0) is 60.7 Å². The molecule has 3 rings (SSSR count). The number of ether oxygens (including phenoxy) is 1. The SMILES string of the molecule is CCOc1ccc(Br)cc1C=C1SC(=O)N(Cc2ccc(F)cc2)C1=O. The molecule has 0 aliphatic carbocycles. The number of thioether (sulfide) groups is 1. The first-order chi connectivity index (χ1) is 12.5. The summed E-state index contributed by atoms with van der Waals surface area (Å²) in [6.45, 7) is 2.48. The lowest BCUT2D eigenvalue weighted by atomic mass is 10.1. The zero-order valence-electron chi connectivity index (χ0n) is 13.9. The number of nitrogens with zero attached hydrogens (tertiary/aromatic N) is 1. The Bertz CT molecular complexity index is 883. The van der Waals surface area contributed by atoms with Crippen molar-refractivity contribution in [1.29, 1.82) is 0 Å². The molecule has 0 N–H and O–H groups in total. The molecule has 1 heterocycles. The maximum atomic E-state index is 13.0. The van der Waals surface area contributed by atoms with Crippen LogP contribution in [-0.2, 0) is 11.3 Å². The summed E-state index contributed by atoms with van der Waals surface area (Å²) >= 11 is 4.29. The molecule has 4 nitrogen and oxygen atoms in total. The first-order valence-corrected chi connectivity index (χ1v) is 9.51. The summed E-state index contributed by atoms with van der Waals surface area (Å²) in [6, 6.07) is 11.2. The van der Waals surface area contributed by atoms with Gasteiger partial charge in [0.05, 0.1) is 18.1 Å². The number of amides is 2. The molecule has 134 valence electrons. The van der Waals surface area contributed by atoms with Gasteiger partial charge in [0.15, 0.2) is 0 Å². The Balaban J connectivity index is 1.85. The molecule has 7 heteroatoms. The lowest BCUT2D eigenvalue weighted by Crippen LogP contribution is -2.27. The van der Waals surface area contributed by atoms with Gasteiger partial charge in [0.2, 0.25) is 0 Å². The number of imide groups is 1. The molecule has 0 aromatic heterocycles. The number of carbonyl (C=O) groups excluding carboxylic acids is 2. The van der Waals surface area contributed by atoms with Crippen molar-refractivity contribution in [3.63, 3.8) is 0 Å². The van der Waals surface area contributed by atoms with Crippen LogP contribution in [0.2, 0.25) is 0 Å². The number of hydrogen-bond donors (Lipinski definition) is 0. The molecule has 26 heavy (non-hydrogen) atoms. The number of halogens is 2. The van der Waals surface area contributed by atoms with Crippen molar-refractivity contribution in [2.45, 2.75) is 13.5 Å². The Hall–Kier alpha value is -2.12. The molecule has 2 amide bonds. The van der Waals surface area contributed by atoms with Gasteiger partial charge in [0, 0.05) is 10.0 Å². The molecule has 0 bridgehead atoms. The average Bonchev–Trinajstić information content (AvgIpc) is 2.87. The van der Waals surface area contributed by atoms with E-state index >= 15 is 0 Å². The van der Waals surface area contributed by atoms with Crippen LogP contribution < -0.4 is 4.74 Å². The summed E-state index contributed by atoms with van der Waals surface area (Å²) in [5.74, 6) is -0.0892. The van der Waals surface area contributed by atoms with Crippen molar-refractivity contribution in [2.75, 3.05) is 6.61 Å². The summed E-state index contributed by atoms with van der Waals surface area (Å²) in [4.78, 5) is 26.4. The standard InChI is InChI=1S/C19H15BrFNO3S/c1-2-25-16-8-5-14(20)9-13(16)10-17-18(23)22(19(24)26-17)11-12-3-6-15(21)7-4-12/h3-10H,2,11H2,1H3. The van der Waals surface area contributed by atoms with Gasteiger partial charge in [0.1, 0.15) is 11.6 Å². The molecule has 0 saturated carbocycles. The largest absolute Gasteiger partial charge is 0.493 e. The zero-order valence-corrected chi connectivity index (χ0v) is 16.3. The highest BCUT2D eigenvalue weighted by atomic mass is 79.9. The van der Waals surface area contributed by atoms with Crippen LogP contribution in [0.3, 0.4) is 0 Å². The van der Waals surface area contributed by atoms with Crippen molar-refractivity contribution in [3.8, 4) is 5.75 Å². The van der Waals surface area contributed by atoms with Gasteiger partial charge in [-0.3, -0.25) is 14.5 Å². The monoisotopic (exact) mass is 435 g/mol. The lowest BCUT2D eigenvalue weighted by Gasteiger charge is -2.12. The van der Waals surface area contributed by atoms with Crippen LogP contribution in [0.5, 0.6) is 5.75 Å². The van der Waals surface area contributed by atoms with Crippen LogP contribution in [0.1, 0.15) is 18.1 Å². The molecule has 1 aliphatic rings. The van der Waals surface area contributed by atoms with E-state index in [1.165, 1.54) is 12.1 Å². The van der Waals surface area contributed by atoms with Crippen molar-refractivity contribution in [2.24, 2.45) is 0 Å². The van der Waals surface area contributed by atoms with E-state index in [0.29, 0.717) is 28.4 Å². The van der Waals surface area contributed by atoms with Gasteiger partial charge >= 0.3 is 0 Å². The van der Waals surface area contributed by atoms with E-state index < -0.39 is 0 Å². The van der Waals surface area contributed by atoms with Gasteiger partial charge in [-0.25, -0.2) is 4.39 Å². The number of rotatable bonds is 5. The molecule has 0 unspecified atom stereocenters. The zero-order chi connectivity index (χ0) is 18.7. The smallest absolute Gasteiger partial charge is 0.293 e. The minimum absolute atomic E-state index is 0.110. The Morgan fingerprint density at radius 2 is 1.92 bits per heavy atom. The van der Waals surface area contributed by atoms with E-state index in [4.69, 9.17) is 4.74 Å². The molecule has 2 aromatic carbocycles. The van der Waals surface area contributed by atoms with E-state index in [0.717, 1.165) is 21.1 Å². The third-order valence-electron chi connectivity index (χ3n) is 3.69. The second-order valence-corrected chi connectivity index (χ2v) is 7.42. The van der Waals surface area contributed by atoms with Gasteiger partial charge in [-0.15, -0.1) is 0 Å². The third-order valence-corrected chi connectivity index (χ3v) is 5.09. The van der Waals surface area contributed by atoms with Crippen LogP contribution >= 0.6 is 27.7 Å². The van der Waals surface area contributed by atoms with Crippen molar-refractivity contribution >= 4 is 44.9 Å². The molecular weight excluding hydrogens is 421 g/mol. The molecule has 1 saturated heterocycles. The Morgan fingerprint density at radius 1 is 1.19 bits per heavy atom. The maximum absolute atomic E-state index is 13.0. The highest BCUT2D eigenvalue weighted by Gasteiger charge is 2.35. The van der Waals surface area contributed by atoms with E-state index in [-0.39, 0.29) is 23.5 Å². The average molecular weight is 436 g/mol. The topological polar surface area (TPSA) is 46.6 Å². The number of carbonyl (C=O) groups is 2. The minimum atomic E-state index is -0.369. The Labute approximate surface area is 163 Å². The van der Waals surface area contributed by atoms with Crippen LogP contribution in [0.15, 0.2) is 51.8 Å². The third kappa shape index (κ3) is 4.16.